The van der Waals surface area contributed by atoms with Gasteiger partial charge in [-0.25, -0.2) is 4.68 Å². The molecule has 0 saturated heterocycles. The number of nitriles is 1. The Bertz CT molecular complexity index is 983. The van der Waals surface area contributed by atoms with E-state index in [4.69, 9.17) is 5.26 Å². The van der Waals surface area contributed by atoms with Crippen molar-refractivity contribution in [2.24, 2.45) is 0 Å². The van der Waals surface area contributed by atoms with E-state index >= 15 is 0 Å². The summed E-state index contributed by atoms with van der Waals surface area (Å²) in [6, 6.07) is 19.3. The third kappa shape index (κ3) is 3.35. The van der Waals surface area contributed by atoms with E-state index in [9.17, 15) is 4.79 Å². The van der Waals surface area contributed by atoms with Crippen LogP contribution in [-0.2, 0) is 11.3 Å². The fourth-order valence-corrected chi connectivity index (χ4v) is 3.12. The quantitative estimate of drug-likeness (QED) is 0.721. The molecule has 1 heterocycles. The van der Waals surface area contributed by atoms with Crippen LogP contribution in [0, 0.1) is 25.2 Å². The van der Waals surface area contributed by atoms with Crippen molar-refractivity contribution in [3.63, 3.8) is 0 Å². The zero-order valence-electron chi connectivity index (χ0n) is 15.1. The number of carbonyl (C=O) groups is 1. The van der Waals surface area contributed by atoms with Gasteiger partial charge in [-0.3, -0.25) is 4.79 Å². The van der Waals surface area contributed by atoms with E-state index in [-0.39, 0.29) is 5.91 Å². The van der Waals surface area contributed by atoms with Crippen molar-refractivity contribution in [1.29, 1.82) is 5.26 Å². The molecule has 3 aromatic rings. The van der Waals surface area contributed by atoms with Crippen LogP contribution in [0.2, 0.25) is 0 Å². The molecule has 1 amide bonds. The van der Waals surface area contributed by atoms with Crippen molar-refractivity contribution in [3.05, 3.63) is 77.1 Å². The largest absolute Gasteiger partial charge is 0.305 e. The molecule has 2 aromatic carbocycles. The Hall–Kier alpha value is -3.39. The third-order valence-corrected chi connectivity index (χ3v) is 4.30. The Morgan fingerprint density at radius 3 is 2.54 bits per heavy atom. The van der Waals surface area contributed by atoms with Gasteiger partial charge in [0.05, 0.1) is 40.9 Å². The lowest BCUT2D eigenvalue weighted by atomic mass is 10.1. The number of para-hydroxylation sites is 1. The van der Waals surface area contributed by atoms with E-state index in [0.717, 1.165) is 28.3 Å². The highest BCUT2D eigenvalue weighted by Crippen LogP contribution is 2.28. The summed E-state index contributed by atoms with van der Waals surface area (Å²) in [5.74, 6) is -0.0637. The van der Waals surface area contributed by atoms with Gasteiger partial charge >= 0.3 is 0 Å². The first kappa shape index (κ1) is 17.4. The van der Waals surface area contributed by atoms with Crippen LogP contribution < -0.4 is 4.90 Å². The highest BCUT2D eigenvalue weighted by atomic mass is 16.2. The average Bonchev–Trinajstić information content (AvgIpc) is 2.95. The van der Waals surface area contributed by atoms with Crippen molar-refractivity contribution in [3.8, 4) is 11.8 Å². The summed E-state index contributed by atoms with van der Waals surface area (Å²) in [5.41, 5.74) is 4.95. The topological polar surface area (TPSA) is 61.9 Å². The number of benzene rings is 2. The van der Waals surface area contributed by atoms with Gasteiger partial charge in [-0.05, 0) is 43.7 Å². The molecular formula is C21H20N4O. The first-order valence-electron chi connectivity index (χ1n) is 8.40. The first-order valence-corrected chi connectivity index (χ1v) is 8.40. The molecule has 1 aromatic heterocycles. The van der Waals surface area contributed by atoms with Crippen molar-refractivity contribution >= 4 is 11.6 Å². The molecule has 5 heteroatoms. The van der Waals surface area contributed by atoms with Gasteiger partial charge in [-0.1, -0.05) is 30.3 Å². The number of nitrogens with zero attached hydrogens (tertiary/aromatic N) is 4. The molecule has 0 spiro atoms. The molecule has 3 rings (SSSR count). The molecule has 0 saturated carbocycles. The Balaban J connectivity index is 2.02. The highest BCUT2D eigenvalue weighted by Gasteiger charge is 2.22. The number of hydrogen-bond acceptors (Lipinski definition) is 3. The smallest absolute Gasteiger partial charge is 0.224 e. The summed E-state index contributed by atoms with van der Waals surface area (Å²) in [5, 5.41) is 13.7. The molecule has 0 aliphatic carbocycles. The summed E-state index contributed by atoms with van der Waals surface area (Å²) in [4.78, 5) is 14.1. The van der Waals surface area contributed by atoms with E-state index in [1.807, 2.05) is 67.1 Å². The number of aromatic nitrogens is 2. The van der Waals surface area contributed by atoms with Gasteiger partial charge in [-0.2, -0.15) is 10.4 Å². The van der Waals surface area contributed by atoms with Crippen LogP contribution in [0.4, 0.5) is 5.69 Å². The molecule has 0 aliphatic heterocycles. The number of anilines is 1. The molecule has 0 unspecified atom stereocenters. The highest BCUT2D eigenvalue weighted by molar-refractivity contribution is 5.92. The average molecular weight is 344 g/mol. The Kier molecular flexibility index (Phi) is 4.85. The summed E-state index contributed by atoms with van der Waals surface area (Å²) in [6.45, 7) is 5.81. The monoisotopic (exact) mass is 344 g/mol. The Labute approximate surface area is 153 Å². The zero-order valence-corrected chi connectivity index (χ0v) is 15.1. The predicted molar refractivity (Wildman–Crippen MR) is 101 cm³/mol. The molecular weight excluding hydrogens is 324 g/mol. The Morgan fingerprint density at radius 2 is 1.88 bits per heavy atom. The molecule has 0 atom stereocenters. The maximum Gasteiger partial charge on any atom is 0.224 e. The SMILES string of the molecule is CC(=O)N(Cc1cccc(C#N)c1)c1c(C)nn(-c2ccccc2)c1C. The van der Waals surface area contributed by atoms with Crippen LogP contribution in [0.3, 0.4) is 0 Å². The van der Waals surface area contributed by atoms with Gasteiger partial charge in [0.25, 0.3) is 0 Å². The molecule has 26 heavy (non-hydrogen) atoms. The van der Waals surface area contributed by atoms with Gasteiger partial charge in [0.1, 0.15) is 0 Å². The predicted octanol–water partition coefficient (Wildman–Crippen LogP) is 3.91. The van der Waals surface area contributed by atoms with Crippen LogP contribution in [-0.4, -0.2) is 15.7 Å². The molecule has 0 fully saturated rings. The molecule has 0 aliphatic rings. The second-order valence-corrected chi connectivity index (χ2v) is 6.18. The van der Waals surface area contributed by atoms with Crippen molar-refractivity contribution < 1.29 is 4.79 Å². The van der Waals surface area contributed by atoms with E-state index in [1.54, 1.807) is 17.9 Å². The standard InChI is InChI=1S/C21H20N4O/c1-15-21(16(2)25(23-15)20-10-5-4-6-11-20)24(17(3)26)14-19-9-7-8-18(12-19)13-22/h4-12H,14H2,1-3H3. The fourth-order valence-electron chi connectivity index (χ4n) is 3.12. The molecule has 0 bridgehead atoms. The van der Waals surface area contributed by atoms with Gasteiger partial charge in [-0.15, -0.1) is 0 Å². The molecule has 5 nitrogen and oxygen atoms in total. The van der Waals surface area contributed by atoms with Gasteiger partial charge in [0, 0.05) is 6.92 Å². The number of aryl methyl sites for hydroxylation is 1. The van der Waals surface area contributed by atoms with Gasteiger partial charge in [0.2, 0.25) is 5.91 Å². The second-order valence-electron chi connectivity index (χ2n) is 6.18. The lowest BCUT2D eigenvalue weighted by molar-refractivity contribution is -0.116. The van der Waals surface area contributed by atoms with Crippen LogP contribution >= 0.6 is 0 Å². The lowest BCUT2D eigenvalue weighted by Crippen LogP contribution is -2.28. The summed E-state index contributed by atoms with van der Waals surface area (Å²) in [6.07, 6.45) is 0. The van der Waals surface area contributed by atoms with Crippen LogP contribution in [0.5, 0.6) is 0 Å². The summed E-state index contributed by atoms with van der Waals surface area (Å²) in [7, 11) is 0. The van der Waals surface area contributed by atoms with E-state index in [2.05, 4.69) is 11.2 Å². The van der Waals surface area contributed by atoms with Crippen molar-refractivity contribution in [1.82, 2.24) is 9.78 Å². The molecule has 0 radical (unpaired) electrons. The third-order valence-electron chi connectivity index (χ3n) is 4.30. The Morgan fingerprint density at radius 1 is 1.15 bits per heavy atom. The summed E-state index contributed by atoms with van der Waals surface area (Å²) < 4.78 is 1.85. The van der Waals surface area contributed by atoms with E-state index in [1.165, 1.54) is 0 Å². The van der Waals surface area contributed by atoms with Crippen LogP contribution in [0.1, 0.15) is 29.4 Å². The number of hydrogen-bond donors (Lipinski definition) is 0. The van der Waals surface area contributed by atoms with Crippen LogP contribution in [0.25, 0.3) is 5.69 Å². The fraction of sp³-hybridized carbons (Fsp3) is 0.190. The van der Waals surface area contributed by atoms with Crippen molar-refractivity contribution in [2.75, 3.05) is 4.90 Å². The van der Waals surface area contributed by atoms with Crippen molar-refractivity contribution in [2.45, 2.75) is 27.3 Å². The number of amides is 1. The maximum absolute atomic E-state index is 12.4. The normalized spacial score (nSPS) is 10.4. The summed E-state index contributed by atoms with van der Waals surface area (Å²) >= 11 is 0. The van der Waals surface area contributed by atoms with Gasteiger partial charge in [0.15, 0.2) is 0 Å². The first-order chi connectivity index (χ1) is 12.5. The van der Waals surface area contributed by atoms with Gasteiger partial charge < -0.3 is 4.90 Å². The number of rotatable bonds is 4. The second kappa shape index (κ2) is 7.24. The number of carbonyl (C=O) groups excluding carboxylic acids is 1. The lowest BCUT2D eigenvalue weighted by Gasteiger charge is -2.22. The maximum atomic E-state index is 12.4. The minimum absolute atomic E-state index is 0.0637. The van der Waals surface area contributed by atoms with E-state index in [0.29, 0.717) is 12.1 Å². The molecule has 0 N–H and O–H groups in total. The minimum atomic E-state index is -0.0637. The molecule has 130 valence electrons. The van der Waals surface area contributed by atoms with Crippen LogP contribution in [0.15, 0.2) is 54.6 Å². The van der Waals surface area contributed by atoms with E-state index < -0.39 is 0 Å². The zero-order chi connectivity index (χ0) is 18.7. The minimum Gasteiger partial charge on any atom is -0.305 e.